The molecule has 312 valence electrons. The molecule has 0 amide bonds. The summed E-state index contributed by atoms with van der Waals surface area (Å²) < 4.78 is 115. The molecule has 3 aromatic heterocycles. The molecule has 0 aliphatic rings. The van der Waals surface area contributed by atoms with E-state index in [9.17, 15) is 8.22 Å². The number of benzene rings is 7. The Morgan fingerprint density at radius 3 is 1.84 bits per heavy atom. The van der Waals surface area contributed by atoms with Gasteiger partial charge >= 0.3 is 21.1 Å². The monoisotopic (exact) mass is 1010 g/mol. The average Bonchev–Trinajstić information content (AvgIpc) is 3.88. The largest absolute Gasteiger partial charge is 2.00 e. The van der Waals surface area contributed by atoms with E-state index in [-0.39, 0.29) is 65.7 Å². The van der Waals surface area contributed by atoms with Crippen LogP contribution in [-0.4, -0.2) is 18.7 Å². The van der Waals surface area contributed by atoms with Gasteiger partial charge in [0.25, 0.3) is 0 Å². The van der Waals surface area contributed by atoms with E-state index in [1.807, 2.05) is 92.1 Å². The van der Waals surface area contributed by atoms with Crippen LogP contribution in [0.3, 0.4) is 0 Å². The minimum atomic E-state index is -2.70. The van der Waals surface area contributed by atoms with Gasteiger partial charge in [-0.25, -0.2) is 9.98 Å². The number of fused-ring (bicyclic) bond motifs is 4. The van der Waals surface area contributed by atoms with Crippen LogP contribution in [0, 0.1) is 12.1 Å². The SMILES string of the molecule is [2H]c1c([2H])c([2H])c(-c2cccc(-c3c([2H])c([2H])c([2H])c([2H])c3[2H])c2-n2c(=NC([2H])([2H])c3cc(C(C)(C)C)cc(-n4c5[c-]cccc5c5ccccc54)n3)n(-c3[c-]ccc(C(C)(C)C)c3)c3ccccc32)c([2H])c1[2H].[Pt+2]. The quantitative estimate of drug-likeness (QED) is 0.147. The first-order chi connectivity index (χ1) is 34.9. The first-order valence-corrected chi connectivity index (χ1v) is 20.4. The smallest absolute Gasteiger partial charge is 0.319 e. The standard InChI is InChI=1S/C57H49N5.Pt/c1-56(2,3)41-25-19-26-44(36-41)60-51-33-17-18-34-52(51)62(54-45(39-21-9-7-10-22-39)29-20-30-46(54)40-23-11-8-12-24-40)55(60)58-38-43-35-42(57(4,5)6)37-53(59-43)61-49-31-15-13-27-47(49)48-28-14-16-32-50(48)61;/h7-25,27-31,33-37H,38H2,1-6H3;/q-2;+2/i7D,8D,9D,10D,11D,12D,21D,22D,23D,24D,38D2;. The second-order valence-electron chi connectivity index (χ2n) is 17.2. The molecule has 0 saturated carbocycles. The van der Waals surface area contributed by atoms with E-state index in [1.165, 1.54) is 18.2 Å². The number of nitrogens with zero attached hydrogens (tertiary/aromatic N) is 5. The Balaban J connectivity index is 0.00000689. The van der Waals surface area contributed by atoms with Gasteiger partial charge in [0, 0.05) is 16.6 Å². The van der Waals surface area contributed by atoms with Crippen LogP contribution in [-0.2, 0) is 38.4 Å². The van der Waals surface area contributed by atoms with E-state index in [2.05, 4.69) is 32.9 Å². The first kappa shape index (κ1) is 29.7. The summed E-state index contributed by atoms with van der Waals surface area (Å²) in [6, 6.07) is 35.5. The van der Waals surface area contributed by atoms with Gasteiger partial charge in [0.05, 0.1) is 45.4 Å². The first-order valence-electron chi connectivity index (χ1n) is 26.4. The molecule has 0 fully saturated rings. The molecule has 0 aliphatic heterocycles. The molecule has 0 unspecified atom stereocenters. The molecule has 0 bridgehead atoms. The topological polar surface area (TPSA) is 40.0 Å². The zero-order chi connectivity index (χ0) is 53.1. The molecular formula is C57H49N5Pt. The molecule has 0 atom stereocenters. The average molecular weight is 1010 g/mol. The van der Waals surface area contributed by atoms with Crippen molar-refractivity contribution in [3.05, 3.63) is 210 Å². The molecular weight excluding hydrogens is 950 g/mol. The minimum absolute atomic E-state index is 0. The van der Waals surface area contributed by atoms with Crippen molar-refractivity contribution in [2.45, 2.75) is 58.9 Å². The maximum atomic E-state index is 10.2. The summed E-state index contributed by atoms with van der Waals surface area (Å²) in [5.74, 6) is 0.426. The van der Waals surface area contributed by atoms with Crippen molar-refractivity contribution in [1.82, 2.24) is 18.7 Å². The fourth-order valence-electron chi connectivity index (χ4n) is 8.04. The Hall–Kier alpha value is -6.55. The number of rotatable bonds is 7. The second kappa shape index (κ2) is 16.6. The molecule has 6 heteroatoms. The normalized spacial score (nSPS) is 15.2. The Morgan fingerprint density at radius 2 is 1.19 bits per heavy atom. The van der Waals surface area contributed by atoms with Crippen molar-refractivity contribution in [3.8, 4) is 39.4 Å². The minimum Gasteiger partial charge on any atom is -0.319 e. The van der Waals surface area contributed by atoms with E-state index >= 15 is 0 Å². The number of aromatic nitrogens is 4. The zero-order valence-electron chi connectivity index (χ0n) is 47.5. The van der Waals surface area contributed by atoms with Crippen molar-refractivity contribution < 1.29 is 37.5 Å². The maximum Gasteiger partial charge on any atom is 2.00 e. The molecule has 0 N–H and O–H groups in total. The Kier molecular flexibility index (Phi) is 7.83. The predicted octanol–water partition coefficient (Wildman–Crippen LogP) is 13.5. The number of imidazole rings is 1. The predicted molar refractivity (Wildman–Crippen MR) is 256 cm³/mol. The molecule has 10 aromatic rings. The van der Waals surface area contributed by atoms with Crippen LogP contribution in [0.2, 0.25) is 0 Å². The van der Waals surface area contributed by atoms with Crippen LogP contribution in [0.1, 0.15) is 74.8 Å². The van der Waals surface area contributed by atoms with Crippen molar-refractivity contribution in [2.75, 3.05) is 0 Å². The number of hydrogen-bond donors (Lipinski definition) is 0. The molecule has 0 aliphatic carbocycles. The van der Waals surface area contributed by atoms with Crippen LogP contribution in [0.4, 0.5) is 0 Å². The third kappa shape index (κ3) is 7.70. The molecule has 0 radical (unpaired) electrons. The Labute approximate surface area is 401 Å². The molecule has 10 rings (SSSR count). The third-order valence-electron chi connectivity index (χ3n) is 11.1. The summed E-state index contributed by atoms with van der Waals surface area (Å²) in [5, 5.41) is 1.90. The maximum absolute atomic E-state index is 10.2. The van der Waals surface area contributed by atoms with Crippen LogP contribution in [0.5, 0.6) is 0 Å². The van der Waals surface area contributed by atoms with Gasteiger partial charge in [-0.1, -0.05) is 162 Å². The van der Waals surface area contributed by atoms with Gasteiger partial charge in [-0.05, 0) is 63.2 Å². The van der Waals surface area contributed by atoms with Crippen molar-refractivity contribution >= 4 is 32.8 Å². The van der Waals surface area contributed by atoms with E-state index in [0.717, 1.165) is 32.9 Å². The Morgan fingerprint density at radius 1 is 0.587 bits per heavy atom. The number of pyridine rings is 1. The molecule has 63 heavy (non-hydrogen) atoms. The Bertz CT molecular complexity index is 3850. The van der Waals surface area contributed by atoms with Gasteiger partial charge in [-0.3, -0.25) is 4.57 Å². The van der Waals surface area contributed by atoms with Crippen LogP contribution in [0.25, 0.3) is 72.3 Å². The fraction of sp³-hybridized carbons (Fsp3) is 0.158. The molecule has 0 saturated heterocycles. The summed E-state index contributed by atoms with van der Waals surface area (Å²) >= 11 is 0. The molecule has 5 nitrogen and oxygen atoms in total. The van der Waals surface area contributed by atoms with Crippen molar-refractivity contribution in [3.63, 3.8) is 0 Å². The van der Waals surface area contributed by atoms with Crippen LogP contribution in [0.15, 0.2) is 181 Å². The number of para-hydroxylation sites is 5. The van der Waals surface area contributed by atoms with Gasteiger partial charge in [0.2, 0.25) is 5.62 Å². The van der Waals surface area contributed by atoms with E-state index in [0.29, 0.717) is 22.5 Å². The second-order valence-corrected chi connectivity index (χ2v) is 17.2. The van der Waals surface area contributed by atoms with Gasteiger partial charge in [-0.15, -0.1) is 11.5 Å². The van der Waals surface area contributed by atoms with Crippen molar-refractivity contribution in [1.29, 1.82) is 0 Å². The molecule has 3 heterocycles. The summed E-state index contributed by atoms with van der Waals surface area (Å²) in [6.45, 7) is 9.58. The van der Waals surface area contributed by atoms with Crippen LogP contribution >= 0.6 is 0 Å². The van der Waals surface area contributed by atoms with E-state index < -0.39 is 72.3 Å². The molecule has 7 aromatic carbocycles. The number of hydrogen-bond acceptors (Lipinski definition) is 2. The summed E-state index contributed by atoms with van der Waals surface area (Å²) in [5.41, 5.74) is 3.06. The van der Waals surface area contributed by atoms with E-state index in [1.54, 1.807) is 39.5 Å². The third-order valence-corrected chi connectivity index (χ3v) is 11.1. The molecule has 0 spiro atoms. The van der Waals surface area contributed by atoms with Gasteiger partial charge in [-0.2, -0.15) is 48.0 Å². The summed E-state index contributed by atoms with van der Waals surface area (Å²) in [4.78, 5) is 10.3. The summed E-state index contributed by atoms with van der Waals surface area (Å²) in [7, 11) is 0. The van der Waals surface area contributed by atoms with Crippen molar-refractivity contribution in [2.24, 2.45) is 4.99 Å². The zero-order valence-corrected chi connectivity index (χ0v) is 37.8. The van der Waals surface area contributed by atoms with Gasteiger partial charge in [0.15, 0.2) is 0 Å². The fourth-order valence-corrected chi connectivity index (χ4v) is 8.04. The van der Waals surface area contributed by atoms with E-state index in [4.69, 9.17) is 18.2 Å². The summed E-state index contributed by atoms with van der Waals surface area (Å²) in [6.07, 6.45) is 0. The van der Waals surface area contributed by atoms with Gasteiger partial charge in [0.1, 0.15) is 5.82 Å². The van der Waals surface area contributed by atoms with Gasteiger partial charge < -0.3 is 9.13 Å². The van der Waals surface area contributed by atoms with Crippen LogP contribution < -0.4 is 5.62 Å².